The van der Waals surface area contributed by atoms with Crippen LogP contribution in [0.5, 0.6) is 5.75 Å². The van der Waals surface area contributed by atoms with Gasteiger partial charge in [-0.25, -0.2) is 4.98 Å². The highest BCUT2D eigenvalue weighted by molar-refractivity contribution is 5.86. The van der Waals surface area contributed by atoms with Crippen LogP contribution < -0.4 is 4.74 Å². The number of aromatic nitrogens is 1. The molecular formula is C43H41F3N4O5. The molecule has 5 aromatic rings. The molecule has 4 aromatic carbocycles. The van der Waals surface area contributed by atoms with Gasteiger partial charge in [0.2, 0.25) is 5.89 Å². The fourth-order valence-electron chi connectivity index (χ4n) is 7.82. The van der Waals surface area contributed by atoms with Crippen molar-refractivity contribution in [2.75, 3.05) is 33.3 Å². The number of hydrogen-bond donors (Lipinski definition) is 2. The van der Waals surface area contributed by atoms with Gasteiger partial charge in [0.15, 0.2) is 5.58 Å². The number of aliphatic carboxylic acids is 1. The molecule has 12 heteroatoms. The molecule has 3 heterocycles. The van der Waals surface area contributed by atoms with Gasteiger partial charge in [-0.1, -0.05) is 42.5 Å². The molecule has 284 valence electrons. The van der Waals surface area contributed by atoms with Gasteiger partial charge in [0.05, 0.1) is 30.3 Å². The molecule has 0 saturated carbocycles. The van der Waals surface area contributed by atoms with E-state index in [0.717, 1.165) is 45.0 Å². The Balaban J connectivity index is 1.18. The van der Waals surface area contributed by atoms with Crippen LogP contribution in [0.15, 0.2) is 65.1 Å². The van der Waals surface area contributed by atoms with Gasteiger partial charge in [-0.3, -0.25) is 14.6 Å². The molecule has 0 bridgehead atoms. The van der Waals surface area contributed by atoms with Crippen molar-refractivity contribution in [2.45, 2.75) is 52.1 Å². The van der Waals surface area contributed by atoms with E-state index in [9.17, 15) is 33.4 Å². The number of oxazole rings is 1. The van der Waals surface area contributed by atoms with Crippen LogP contribution in [0.1, 0.15) is 57.3 Å². The second-order valence-corrected chi connectivity index (χ2v) is 14.4. The Morgan fingerprint density at radius 2 is 1.65 bits per heavy atom. The standard InChI is InChI=1S/C43H41F3N4O5/c1-25-28(10-11-29-19-39(54-3)32(18-37(29)43(44,45)46)23-50-15-13-33(51)24-50)6-4-7-34(25)35-8-5-9-36(26(35)2)41-48-38-17-27(16-31(20-47)40(38)55-41)21-49-14-12-30(22-49)42(52)53/h4-11,16-19,30,33,51H,12-15,21-24H2,1-3H3,(H,52,53)/b11-10+. The molecule has 0 aliphatic carbocycles. The summed E-state index contributed by atoms with van der Waals surface area (Å²) in [5.41, 5.74) is 6.73. The van der Waals surface area contributed by atoms with E-state index in [1.807, 2.05) is 61.2 Å². The number of likely N-dealkylation sites (tertiary alicyclic amines) is 2. The molecule has 2 aliphatic rings. The summed E-state index contributed by atoms with van der Waals surface area (Å²) in [4.78, 5) is 20.2. The first kappa shape index (κ1) is 37.8. The minimum atomic E-state index is -4.60. The number of methoxy groups -OCH3 is 1. The van der Waals surface area contributed by atoms with Crippen LogP contribution in [0.2, 0.25) is 0 Å². The second-order valence-electron chi connectivity index (χ2n) is 14.4. The number of rotatable bonds is 10. The molecule has 9 nitrogen and oxygen atoms in total. The number of nitriles is 1. The molecule has 7 rings (SSSR count). The first-order valence-corrected chi connectivity index (χ1v) is 18.2. The van der Waals surface area contributed by atoms with Crippen LogP contribution in [0, 0.1) is 31.1 Å². The molecule has 2 N–H and O–H groups in total. The molecule has 2 unspecified atom stereocenters. The number of alkyl halides is 3. The van der Waals surface area contributed by atoms with Crippen molar-refractivity contribution in [1.82, 2.24) is 14.8 Å². The number of halogens is 3. The summed E-state index contributed by atoms with van der Waals surface area (Å²) in [6.07, 6.45) is -0.768. The zero-order chi connectivity index (χ0) is 39.0. The lowest BCUT2D eigenvalue weighted by Crippen LogP contribution is -2.22. The van der Waals surface area contributed by atoms with E-state index in [1.165, 1.54) is 19.3 Å². The van der Waals surface area contributed by atoms with Crippen LogP contribution in [0.25, 0.3) is 45.8 Å². The van der Waals surface area contributed by atoms with Crippen molar-refractivity contribution in [2.24, 2.45) is 5.92 Å². The van der Waals surface area contributed by atoms with E-state index >= 15 is 0 Å². The molecule has 55 heavy (non-hydrogen) atoms. The predicted octanol–water partition coefficient (Wildman–Crippen LogP) is 8.32. The number of aliphatic hydroxyl groups excluding tert-OH is 1. The number of β-amino-alcohol motifs (C(OH)–C–C–N with tert-alkyl or cyclic N) is 1. The zero-order valence-electron chi connectivity index (χ0n) is 30.8. The Morgan fingerprint density at radius 3 is 2.33 bits per heavy atom. The van der Waals surface area contributed by atoms with Gasteiger partial charge in [-0.15, -0.1) is 0 Å². The van der Waals surface area contributed by atoms with Crippen molar-refractivity contribution < 1.29 is 37.3 Å². The van der Waals surface area contributed by atoms with E-state index < -0.39 is 29.7 Å². The Morgan fingerprint density at radius 1 is 0.964 bits per heavy atom. The lowest BCUT2D eigenvalue weighted by molar-refractivity contribution is -0.141. The lowest BCUT2D eigenvalue weighted by Gasteiger charge is -2.20. The van der Waals surface area contributed by atoms with Crippen LogP contribution in [0.4, 0.5) is 13.2 Å². The predicted molar refractivity (Wildman–Crippen MR) is 203 cm³/mol. The van der Waals surface area contributed by atoms with Crippen molar-refractivity contribution in [1.29, 1.82) is 5.26 Å². The topological polar surface area (TPSA) is 123 Å². The van der Waals surface area contributed by atoms with Crippen molar-refractivity contribution in [3.63, 3.8) is 0 Å². The van der Waals surface area contributed by atoms with Crippen LogP contribution in [-0.2, 0) is 24.1 Å². The number of carboxylic acids is 1. The van der Waals surface area contributed by atoms with E-state index in [-0.39, 0.29) is 12.1 Å². The molecular weight excluding hydrogens is 709 g/mol. The van der Waals surface area contributed by atoms with Crippen LogP contribution >= 0.6 is 0 Å². The summed E-state index contributed by atoms with van der Waals surface area (Å²) in [6, 6.07) is 19.9. The van der Waals surface area contributed by atoms with E-state index in [4.69, 9.17) is 14.1 Å². The largest absolute Gasteiger partial charge is 0.496 e. The molecule has 2 aliphatic heterocycles. The highest BCUT2D eigenvalue weighted by atomic mass is 19.4. The normalized spacial score (nSPS) is 18.1. The molecule has 0 spiro atoms. The average molecular weight is 751 g/mol. The van der Waals surface area contributed by atoms with Gasteiger partial charge in [-0.05, 0) is 103 Å². The number of aliphatic hydroxyl groups is 1. The molecule has 2 atom stereocenters. The lowest BCUT2D eigenvalue weighted by atomic mass is 9.91. The molecule has 0 amide bonds. The van der Waals surface area contributed by atoms with Gasteiger partial charge >= 0.3 is 12.1 Å². The zero-order valence-corrected chi connectivity index (χ0v) is 30.8. The van der Waals surface area contributed by atoms with Gasteiger partial charge < -0.3 is 19.4 Å². The summed E-state index contributed by atoms with van der Waals surface area (Å²) < 4.78 is 55.0. The monoisotopic (exact) mass is 750 g/mol. The minimum Gasteiger partial charge on any atom is -0.496 e. The maximum Gasteiger partial charge on any atom is 0.417 e. The Kier molecular flexibility index (Phi) is 10.5. The number of carbonyl (C=O) groups is 1. The number of benzene rings is 4. The van der Waals surface area contributed by atoms with Crippen LogP contribution in [-0.4, -0.2) is 70.4 Å². The number of ether oxygens (including phenoxy) is 1. The van der Waals surface area contributed by atoms with E-state index in [1.54, 1.807) is 12.1 Å². The molecule has 0 radical (unpaired) electrons. The number of fused-ring (bicyclic) bond motifs is 1. The van der Waals surface area contributed by atoms with Crippen LogP contribution in [0.3, 0.4) is 0 Å². The number of nitrogens with zero attached hydrogens (tertiary/aromatic N) is 4. The average Bonchev–Trinajstić information content (AvgIpc) is 3.91. The van der Waals surface area contributed by atoms with Gasteiger partial charge in [-0.2, -0.15) is 18.4 Å². The Bertz CT molecular complexity index is 2340. The SMILES string of the molecule is COc1cc(/C=C/c2cccc(-c3cccc(-c4nc5cc(CN6CCC(C(=O)O)C6)cc(C#N)c5o4)c3C)c2C)c(C(F)(F)F)cc1CN1CCC(O)C1. The summed E-state index contributed by atoms with van der Waals surface area (Å²) in [6.45, 7) is 6.73. The summed E-state index contributed by atoms with van der Waals surface area (Å²) in [5.74, 6) is -0.503. The van der Waals surface area contributed by atoms with Crippen molar-refractivity contribution in [3.8, 4) is 34.4 Å². The molecule has 2 saturated heterocycles. The third-order valence-electron chi connectivity index (χ3n) is 10.8. The Labute approximate surface area is 316 Å². The van der Waals surface area contributed by atoms with Gasteiger partial charge in [0.25, 0.3) is 0 Å². The highest BCUT2D eigenvalue weighted by Crippen LogP contribution is 2.39. The smallest absolute Gasteiger partial charge is 0.417 e. The highest BCUT2D eigenvalue weighted by Gasteiger charge is 2.35. The third-order valence-corrected chi connectivity index (χ3v) is 10.8. The fourth-order valence-corrected chi connectivity index (χ4v) is 7.82. The quantitative estimate of drug-likeness (QED) is 0.136. The summed E-state index contributed by atoms with van der Waals surface area (Å²) in [5, 5.41) is 29.3. The fraction of sp³-hybridized carbons (Fsp3) is 0.326. The molecule has 2 fully saturated rings. The number of carboxylic acid groups (broad SMARTS) is 1. The van der Waals surface area contributed by atoms with Crippen molar-refractivity contribution in [3.05, 3.63) is 105 Å². The first-order valence-electron chi connectivity index (χ1n) is 18.2. The second kappa shape index (κ2) is 15.3. The Hall–Kier alpha value is -5.48. The van der Waals surface area contributed by atoms with Gasteiger partial charge in [0, 0.05) is 43.9 Å². The van der Waals surface area contributed by atoms with Crippen molar-refractivity contribution >= 4 is 29.2 Å². The van der Waals surface area contributed by atoms with Gasteiger partial charge in [0.1, 0.15) is 17.3 Å². The number of hydrogen-bond acceptors (Lipinski definition) is 8. The molecule has 1 aromatic heterocycles. The third kappa shape index (κ3) is 7.87. The minimum absolute atomic E-state index is 0.0155. The summed E-state index contributed by atoms with van der Waals surface area (Å²) in [7, 11) is 1.44. The maximum absolute atomic E-state index is 14.4. The first-order chi connectivity index (χ1) is 26.3. The van der Waals surface area contributed by atoms with E-state index in [0.29, 0.717) is 79.4 Å². The maximum atomic E-state index is 14.4. The van der Waals surface area contributed by atoms with E-state index in [2.05, 4.69) is 11.0 Å². The summed E-state index contributed by atoms with van der Waals surface area (Å²) >= 11 is 0.